The fourth-order valence-corrected chi connectivity index (χ4v) is 4.02. The van der Waals surface area contributed by atoms with Crippen LogP contribution in [0.2, 0.25) is 0 Å². The highest BCUT2D eigenvalue weighted by atomic mass is 16.5. The summed E-state index contributed by atoms with van der Waals surface area (Å²) >= 11 is 0. The minimum Gasteiger partial charge on any atom is -0.497 e. The van der Waals surface area contributed by atoms with Crippen molar-refractivity contribution >= 4 is 5.91 Å². The van der Waals surface area contributed by atoms with Crippen LogP contribution >= 0.6 is 0 Å². The van der Waals surface area contributed by atoms with Gasteiger partial charge >= 0.3 is 0 Å². The van der Waals surface area contributed by atoms with E-state index in [4.69, 9.17) is 4.74 Å². The van der Waals surface area contributed by atoms with Crippen molar-refractivity contribution in [1.82, 2.24) is 10.2 Å². The van der Waals surface area contributed by atoms with Gasteiger partial charge in [0.05, 0.1) is 19.1 Å². The zero-order valence-corrected chi connectivity index (χ0v) is 13.6. The SMILES string of the molecule is COc1cccc(CC(=O)N2CCC[C@H]3NCCC[C@@]32C)c1. The molecule has 2 aliphatic heterocycles. The van der Waals surface area contributed by atoms with Gasteiger partial charge in [-0.05, 0) is 56.8 Å². The second kappa shape index (κ2) is 6.29. The summed E-state index contributed by atoms with van der Waals surface area (Å²) in [5, 5.41) is 3.61. The summed E-state index contributed by atoms with van der Waals surface area (Å²) in [5.74, 6) is 1.05. The zero-order chi connectivity index (χ0) is 15.6. The fraction of sp³-hybridized carbons (Fsp3) is 0.611. The average molecular weight is 302 g/mol. The molecule has 4 nitrogen and oxygen atoms in total. The van der Waals surface area contributed by atoms with Crippen LogP contribution in [0.25, 0.3) is 0 Å². The van der Waals surface area contributed by atoms with Gasteiger partial charge in [-0.1, -0.05) is 12.1 Å². The molecule has 0 bridgehead atoms. The number of methoxy groups -OCH3 is 1. The van der Waals surface area contributed by atoms with Crippen LogP contribution in [0.1, 0.15) is 38.2 Å². The first-order valence-corrected chi connectivity index (χ1v) is 8.30. The molecule has 1 amide bonds. The van der Waals surface area contributed by atoms with Crippen molar-refractivity contribution in [3.05, 3.63) is 29.8 Å². The Morgan fingerprint density at radius 2 is 2.32 bits per heavy atom. The lowest BCUT2D eigenvalue weighted by Gasteiger charge is -2.53. The first kappa shape index (κ1) is 15.3. The van der Waals surface area contributed by atoms with Crippen molar-refractivity contribution in [1.29, 1.82) is 0 Å². The predicted octanol–water partition coefficient (Wildman–Crippen LogP) is 2.37. The highest BCUT2D eigenvalue weighted by Gasteiger charge is 2.45. The fourth-order valence-electron chi connectivity index (χ4n) is 4.02. The molecule has 0 radical (unpaired) electrons. The standard InChI is InChI=1S/C18H26N2O2/c1-18-9-5-10-19-16(18)8-4-11-20(18)17(21)13-14-6-3-7-15(12-14)22-2/h3,6-7,12,16,19H,4-5,8-11,13H2,1-2H3/t16-,18+/m1/s1. The summed E-state index contributed by atoms with van der Waals surface area (Å²) in [7, 11) is 1.66. The lowest BCUT2D eigenvalue weighted by molar-refractivity contribution is -0.141. The Morgan fingerprint density at radius 1 is 1.45 bits per heavy atom. The quantitative estimate of drug-likeness (QED) is 0.932. The molecule has 3 rings (SSSR count). The number of piperidine rings is 2. The van der Waals surface area contributed by atoms with Gasteiger partial charge in [-0.25, -0.2) is 0 Å². The summed E-state index contributed by atoms with van der Waals surface area (Å²) in [5.41, 5.74) is 1.01. The normalized spacial score (nSPS) is 28.1. The summed E-state index contributed by atoms with van der Waals surface area (Å²) < 4.78 is 5.25. The smallest absolute Gasteiger partial charge is 0.227 e. The number of hydrogen-bond donors (Lipinski definition) is 1. The van der Waals surface area contributed by atoms with E-state index in [1.54, 1.807) is 7.11 Å². The van der Waals surface area contributed by atoms with Crippen molar-refractivity contribution < 1.29 is 9.53 Å². The Kier molecular flexibility index (Phi) is 4.39. The van der Waals surface area contributed by atoms with Crippen LogP contribution < -0.4 is 10.1 Å². The van der Waals surface area contributed by atoms with Crippen LogP contribution in [0.3, 0.4) is 0 Å². The minimum absolute atomic E-state index is 0.0214. The molecule has 4 heteroatoms. The van der Waals surface area contributed by atoms with E-state index in [-0.39, 0.29) is 11.4 Å². The van der Waals surface area contributed by atoms with Crippen LogP contribution in [-0.2, 0) is 11.2 Å². The molecule has 2 heterocycles. The Morgan fingerprint density at radius 3 is 3.14 bits per heavy atom. The summed E-state index contributed by atoms with van der Waals surface area (Å²) in [4.78, 5) is 15.0. The number of carbonyl (C=O) groups excluding carboxylic acids is 1. The molecular formula is C18H26N2O2. The lowest BCUT2D eigenvalue weighted by Crippen LogP contribution is -2.66. The number of nitrogens with zero attached hydrogens (tertiary/aromatic N) is 1. The molecule has 2 atom stereocenters. The van der Waals surface area contributed by atoms with Crippen molar-refractivity contribution in [3.8, 4) is 5.75 Å². The molecule has 1 aromatic rings. The third kappa shape index (κ3) is 2.84. The molecule has 2 fully saturated rings. The molecule has 22 heavy (non-hydrogen) atoms. The maximum absolute atomic E-state index is 12.9. The number of hydrogen-bond acceptors (Lipinski definition) is 3. The third-order valence-electron chi connectivity index (χ3n) is 5.28. The third-order valence-corrected chi connectivity index (χ3v) is 5.28. The van der Waals surface area contributed by atoms with Crippen LogP contribution in [0.4, 0.5) is 0 Å². The number of amides is 1. The zero-order valence-electron chi connectivity index (χ0n) is 13.6. The molecular weight excluding hydrogens is 276 g/mol. The van der Waals surface area contributed by atoms with Gasteiger partial charge in [0, 0.05) is 12.6 Å². The second-order valence-electron chi connectivity index (χ2n) is 6.68. The van der Waals surface area contributed by atoms with E-state index in [0.717, 1.165) is 43.7 Å². The monoisotopic (exact) mass is 302 g/mol. The molecule has 2 saturated heterocycles. The minimum atomic E-state index is -0.0214. The first-order valence-electron chi connectivity index (χ1n) is 8.30. The summed E-state index contributed by atoms with van der Waals surface area (Å²) in [6, 6.07) is 8.27. The van der Waals surface area contributed by atoms with Gasteiger partial charge in [-0.2, -0.15) is 0 Å². The Bertz CT molecular complexity index is 544. The van der Waals surface area contributed by atoms with Gasteiger partial charge in [0.1, 0.15) is 5.75 Å². The molecule has 2 aliphatic rings. The van der Waals surface area contributed by atoms with E-state index in [9.17, 15) is 4.79 Å². The van der Waals surface area contributed by atoms with Crippen molar-refractivity contribution in [2.24, 2.45) is 0 Å². The number of ether oxygens (including phenoxy) is 1. The molecule has 0 unspecified atom stereocenters. The van der Waals surface area contributed by atoms with Gasteiger partial charge in [0.15, 0.2) is 0 Å². The molecule has 0 aromatic heterocycles. The molecule has 0 saturated carbocycles. The van der Waals surface area contributed by atoms with Crippen LogP contribution in [0.15, 0.2) is 24.3 Å². The van der Waals surface area contributed by atoms with Crippen LogP contribution in [-0.4, -0.2) is 42.6 Å². The van der Waals surface area contributed by atoms with Gasteiger partial charge < -0.3 is 15.0 Å². The topological polar surface area (TPSA) is 41.6 Å². The van der Waals surface area contributed by atoms with E-state index in [0.29, 0.717) is 12.5 Å². The van der Waals surface area contributed by atoms with Gasteiger partial charge in [0.2, 0.25) is 5.91 Å². The Balaban J connectivity index is 1.75. The average Bonchev–Trinajstić information content (AvgIpc) is 2.53. The van der Waals surface area contributed by atoms with Crippen molar-refractivity contribution in [3.63, 3.8) is 0 Å². The summed E-state index contributed by atoms with van der Waals surface area (Å²) in [6.45, 7) is 4.22. The van der Waals surface area contributed by atoms with E-state index in [1.165, 1.54) is 6.42 Å². The van der Waals surface area contributed by atoms with Gasteiger partial charge in [-0.15, -0.1) is 0 Å². The largest absolute Gasteiger partial charge is 0.497 e. The highest BCUT2D eigenvalue weighted by Crippen LogP contribution is 2.35. The van der Waals surface area contributed by atoms with E-state index < -0.39 is 0 Å². The van der Waals surface area contributed by atoms with Gasteiger partial charge in [-0.3, -0.25) is 4.79 Å². The maximum atomic E-state index is 12.9. The number of nitrogens with one attached hydrogen (secondary N) is 1. The first-order chi connectivity index (χ1) is 10.6. The maximum Gasteiger partial charge on any atom is 0.227 e. The van der Waals surface area contributed by atoms with Crippen molar-refractivity contribution in [2.45, 2.75) is 50.6 Å². The number of benzene rings is 1. The van der Waals surface area contributed by atoms with Gasteiger partial charge in [0.25, 0.3) is 0 Å². The molecule has 1 N–H and O–H groups in total. The lowest BCUT2D eigenvalue weighted by atomic mass is 9.77. The number of carbonyl (C=O) groups is 1. The Hall–Kier alpha value is -1.55. The van der Waals surface area contributed by atoms with Crippen LogP contribution in [0, 0.1) is 0 Å². The van der Waals surface area contributed by atoms with Crippen LogP contribution in [0.5, 0.6) is 5.75 Å². The van der Waals surface area contributed by atoms with E-state index in [2.05, 4.69) is 17.1 Å². The van der Waals surface area contributed by atoms with E-state index in [1.807, 2.05) is 24.3 Å². The number of fused-ring (bicyclic) bond motifs is 1. The number of rotatable bonds is 3. The second-order valence-corrected chi connectivity index (χ2v) is 6.68. The molecule has 0 spiro atoms. The molecule has 0 aliphatic carbocycles. The van der Waals surface area contributed by atoms with Crippen molar-refractivity contribution in [2.75, 3.05) is 20.2 Å². The predicted molar refractivity (Wildman–Crippen MR) is 87.1 cm³/mol. The summed E-state index contributed by atoms with van der Waals surface area (Å²) in [6.07, 6.45) is 4.99. The Labute approximate surface area is 132 Å². The van der Waals surface area contributed by atoms with E-state index >= 15 is 0 Å². The number of likely N-dealkylation sites (tertiary alicyclic amines) is 1. The highest BCUT2D eigenvalue weighted by molar-refractivity contribution is 5.80. The molecule has 120 valence electrons. The molecule has 1 aromatic carbocycles.